The number of ketones is 1. The van der Waals surface area contributed by atoms with Gasteiger partial charge in [-0.15, -0.1) is 0 Å². The third-order valence-corrected chi connectivity index (χ3v) is 3.34. The molecule has 2 aromatic rings. The first-order valence-corrected chi connectivity index (χ1v) is 6.60. The first-order valence-electron chi connectivity index (χ1n) is 5.43. The lowest BCUT2D eigenvalue weighted by Gasteiger charge is -2.09. The highest BCUT2D eigenvalue weighted by molar-refractivity contribution is 9.10. The molecule has 2 nitrogen and oxygen atoms in total. The van der Waals surface area contributed by atoms with E-state index in [1.165, 1.54) is 12.1 Å². The fourth-order valence-electron chi connectivity index (χ4n) is 1.58. The van der Waals surface area contributed by atoms with Crippen molar-refractivity contribution in [2.24, 2.45) is 0 Å². The van der Waals surface area contributed by atoms with E-state index in [9.17, 15) is 22.4 Å². The molecule has 1 heterocycles. The van der Waals surface area contributed by atoms with E-state index in [0.29, 0.717) is 10.5 Å². The van der Waals surface area contributed by atoms with Gasteiger partial charge in [0.1, 0.15) is 16.7 Å². The Bertz CT molecular complexity index is 718. The fourth-order valence-corrected chi connectivity index (χ4v) is 2.18. The van der Waals surface area contributed by atoms with E-state index in [4.69, 9.17) is 11.6 Å². The number of halogens is 6. The van der Waals surface area contributed by atoms with Crippen molar-refractivity contribution in [2.45, 2.75) is 6.18 Å². The molecule has 0 atom stereocenters. The van der Waals surface area contributed by atoms with Gasteiger partial charge < -0.3 is 0 Å². The molecule has 0 N–H and O–H groups in total. The van der Waals surface area contributed by atoms with Crippen LogP contribution in [-0.2, 0) is 6.18 Å². The summed E-state index contributed by atoms with van der Waals surface area (Å²) in [5.74, 6) is -1.65. The van der Waals surface area contributed by atoms with Crippen molar-refractivity contribution in [3.8, 4) is 0 Å². The van der Waals surface area contributed by atoms with Crippen LogP contribution in [-0.4, -0.2) is 10.8 Å². The van der Waals surface area contributed by atoms with Crippen molar-refractivity contribution < 1.29 is 22.4 Å². The Balaban J connectivity index is 2.47. The molecule has 0 spiro atoms. The van der Waals surface area contributed by atoms with Crippen molar-refractivity contribution in [3.63, 3.8) is 0 Å². The van der Waals surface area contributed by atoms with Crippen LogP contribution in [0, 0.1) is 5.82 Å². The van der Waals surface area contributed by atoms with Crippen molar-refractivity contribution in [1.29, 1.82) is 0 Å². The number of carbonyl (C=O) groups is 1. The highest BCUT2D eigenvalue weighted by atomic mass is 79.9. The number of pyridine rings is 1. The van der Waals surface area contributed by atoms with Gasteiger partial charge >= 0.3 is 6.18 Å². The van der Waals surface area contributed by atoms with Gasteiger partial charge in [-0.1, -0.05) is 27.5 Å². The number of hydrogen-bond acceptors (Lipinski definition) is 2. The summed E-state index contributed by atoms with van der Waals surface area (Å²) >= 11 is 8.68. The Hall–Kier alpha value is -1.47. The quantitative estimate of drug-likeness (QED) is 0.421. The lowest BCUT2D eigenvalue weighted by molar-refractivity contribution is -0.141. The van der Waals surface area contributed by atoms with E-state index in [2.05, 4.69) is 20.9 Å². The molecule has 21 heavy (non-hydrogen) atoms. The second-order valence-corrected chi connectivity index (χ2v) is 5.26. The number of carbonyl (C=O) groups excluding carboxylic acids is 1. The molecule has 0 unspecified atom stereocenters. The van der Waals surface area contributed by atoms with Crippen LogP contribution in [0.3, 0.4) is 0 Å². The molecule has 0 bridgehead atoms. The van der Waals surface area contributed by atoms with E-state index < -0.39 is 28.6 Å². The summed E-state index contributed by atoms with van der Waals surface area (Å²) in [5, 5.41) is -0.630. The van der Waals surface area contributed by atoms with Gasteiger partial charge in [-0.3, -0.25) is 4.79 Å². The molecule has 0 fully saturated rings. The third kappa shape index (κ3) is 3.41. The molecule has 8 heteroatoms. The second-order valence-electron chi connectivity index (χ2n) is 3.99. The van der Waals surface area contributed by atoms with E-state index in [1.807, 2.05) is 0 Å². The van der Waals surface area contributed by atoms with Crippen LogP contribution in [0.1, 0.15) is 21.6 Å². The number of alkyl halides is 3. The van der Waals surface area contributed by atoms with Crippen LogP contribution in [0.15, 0.2) is 34.8 Å². The van der Waals surface area contributed by atoms with Gasteiger partial charge in [-0.2, -0.15) is 13.2 Å². The van der Waals surface area contributed by atoms with Crippen LogP contribution in [0.25, 0.3) is 0 Å². The van der Waals surface area contributed by atoms with E-state index in [1.54, 1.807) is 0 Å². The van der Waals surface area contributed by atoms with Gasteiger partial charge in [0.25, 0.3) is 0 Å². The fraction of sp³-hybridized carbons (Fsp3) is 0.0769. The van der Waals surface area contributed by atoms with E-state index in [-0.39, 0.29) is 11.1 Å². The number of hydrogen-bond donors (Lipinski definition) is 0. The molecular formula is C13H5BrClF4NO. The van der Waals surface area contributed by atoms with Gasteiger partial charge in [0.05, 0.1) is 11.1 Å². The normalized spacial score (nSPS) is 11.5. The van der Waals surface area contributed by atoms with E-state index in [0.717, 1.165) is 12.1 Å². The Labute approximate surface area is 129 Å². The summed E-state index contributed by atoms with van der Waals surface area (Å²) in [4.78, 5) is 15.3. The molecular weight excluding hydrogens is 377 g/mol. The van der Waals surface area contributed by atoms with Gasteiger partial charge in [0.15, 0.2) is 5.78 Å². The predicted molar refractivity (Wildman–Crippen MR) is 71.8 cm³/mol. The first-order chi connectivity index (χ1) is 9.70. The SMILES string of the molecule is O=C(c1cc(Br)ccc1F)c1ccc(C(F)(F)F)nc1Cl. The zero-order chi connectivity index (χ0) is 15.8. The Morgan fingerprint density at radius 1 is 1.14 bits per heavy atom. The maximum Gasteiger partial charge on any atom is 0.433 e. The smallest absolute Gasteiger partial charge is 0.288 e. The molecule has 2 rings (SSSR count). The average Bonchev–Trinajstić information content (AvgIpc) is 2.39. The van der Waals surface area contributed by atoms with E-state index >= 15 is 0 Å². The molecule has 110 valence electrons. The number of aromatic nitrogens is 1. The summed E-state index contributed by atoms with van der Waals surface area (Å²) in [6.07, 6.45) is -4.67. The van der Waals surface area contributed by atoms with Crippen LogP contribution < -0.4 is 0 Å². The largest absolute Gasteiger partial charge is 0.433 e. The van der Waals surface area contributed by atoms with Crippen molar-refractivity contribution in [3.05, 3.63) is 62.6 Å². The van der Waals surface area contributed by atoms with Gasteiger partial charge in [-0.25, -0.2) is 9.37 Å². The van der Waals surface area contributed by atoms with Gasteiger partial charge in [0.2, 0.25) is 0 Å². The predicted octanol–water partition coefficient (Wildman–Crippen LogP) is 4.89. The maximum absolute atomic E-state index is 13.6. The summed E-state index contributed by atoms with van der Waals surface area (Å²) in [7, 11) is 0. The monoisotopic (exact) mass is 381 g/mol. The molecule has 1 aromatic carbocycles. The molecule has 0 saturated carbocycles. The summed E-state index contributed by atoms with van der Waals surface area (Å²) in [5.41, 5.74) is -1.84. The van der Waals surface area contributed by atoms with Gasteiger partial charge in [0, 0.05) is 4.47 Å². The van der Waals surface area contributed by atoms with Crippen LogP contribution in [0.5, 0.6) is 0 Å². The number of nitrogens with zero attached hydrogens (tertiary/aromatic N) is 1. The van der Waals surface area contributed by atoms with Crippen molar-refractivity contribution in [1.82, 2.24) is 4.98 Å². The molecule has 0 aliphatic rings. The Morgan fingerprint density at radius 3 is 2.38 bits per heavy atom. The minimum atomic E-state index is -4.67. The van der Waals surface area contributed by atoms with Crippen LogP contribution in [0.4, 0.5) is 17.6 Å². The molecule has 0 radical (unpaired) electrons. The highest BCUT2D eigenvalue weighted by Crippen LogP contribution is 2.30. The number of rotatable bonds is 2. The molecule has 0 saturated heterocycles. The van der Waals surface area contributed by atoms with Crippen LogP contribution >= 0.6 is 27.5 Å². The second kappa shape index (κ2) is 5.73. The first kappa shape index (κ1) is 15.9. The van der Waals surface area contributed by atoms with Crippen molar-refractivity contribution >= 4 is 33.3 Å². The molecule has 0 aliphatic heterocycles. The number of benzene rings is 1. The highest BCUT2D eigenvalue weighted by Gasteiger charge is 2.33. The summed E-state index contributed by atoms with van der Waals surface area (Å²) < 4.78 is 51.5. The van der Waals surface area contributed by atoms with Crippen LogP contribution in [0.2, 0.25) is 5.15 Å². The average molecular weight is 383 g/mol. The zero-order valence-electron chi connectivity index (χ0n) is 10.0. The molecule has 1 aromatic heterocycles. The third-order valence-electron chi connectivity index (χ3n) is 2.56. The zero-order valence-corrected chi connectivity index (χ0v) is 12.4. The summed E-state index contributed by atoms with van der Waals surface area (Å²) in [6.45, 7) is 0. The standard InChI is InChI=1S/C13H5BrClF4NO/c14-6-1-3-9(16)8(5-6)11(21)7-2-4-10(13(17,18)19)20-12(7)15/h1-5H. The minimum Gasteiger partial charge on any atom is -0.288 e. The molecule has 0 aliphatic carbocycles. The van der Waals surface area contributed by atoms with Gasteiger partial charge in [-0.05, 0) is 30.3 Å². The topological polar surface area (TPSA) is 30.0 Å². The lowest BCUT2D eigenvalue weighted by Crippen LogP contribution is -2.11. The van der Waals surface area contributed by atoms with Crippen molar-refractivity contribution in [2.75, 3.05) is 0 Å². The lowest BCUT2D eigenvalue weighted by atomic mass is 10.0. The Morgan fingerprint density at radius 2 is 1.81 bits per heavy atom. The summed E-state index contributed by atoms with van der Waals surface area (Å²) in [6, 6.07) is 5.16. The Kier molecular flexibility index (Phi) is 4.34. The minimum absolute atomic E-state index is 0.304. The maximum atomic E-state index is 13.6. The molecule has 0 amide bonds.